The number of hydrogen-bond acceptors (Lipinski definition) is 2. The summed E-state index contributed by atoms with van der Waals surface area (Å²) in [5, 5.41) is 0. The van der Waals surface area contributed by atoms with Crippen LogP contribution in [-0.2, 0) is 6.42 Å². The van der Waals surface area contributed by atoms with Crippen molar-refractivity contribution in [1.82, 2.24) is 9.55 Å². The Morgan fingerprint density at radius 3 is 2.70 bits per heavy atom. The molecule has 1 aromatic heterocycles. The summed E-state index contributed by atoms with van der Waals surface area (Å²) in [6.45, 7) is 2.05. The number of benzene rings is 3. The molecule has 0 saturated carbocycles. The molecule has 4 rings (SSSR count). The first-order valence-corrected chi connectivity index (χ1v) is 8.92. The predicted octanol–water partition coefficient (Wildman–Crippen LogP) is 5.29. The molecule has 0 aliphatic rings. The van der Waals surface area contributed by atoms with Gasteiger partial charge in [0.1, 0.15) is 12.1 Å². The van der Waals surface area contributed by atoms with E-state index < -0.39 is 0 Å². The van der Waals surface area contributed by atoms with E-state index in [1.807, 2.05) is 34.9 Å². The SMILES string of the molecule is Cc1cccc(-n2cnc3cc(C(=O)CCc4ccccc4F)ccc32)c1. The summed E-state index contributed by atoms with van der Waals surface area (Å²) in [6.07, 6.45) is 2.43. The highest BCUT2D eigenvalue weighted by molar-refractivity contribution is 5.99. The largest absolute Gasteiger partial charge is 0.299 e. The number of imidazole rings is 1. The summed E-state index contributed by atoms with van der Waals surface area (Å²) >= 11 is 0. The topological polar surface area (TPSA) is 34.9 Å². The molecule has 0 saturated heterocycles. The number of hydrogen-bond donors (Lipinski definition) is 0. The van der Waals surface area contributed by atoms with E-state index in [1.54, 1.807) is 24.5 Å². The Labute approximate surface area is 157 Å². The lowest BCUT2D eigenvalue weighted by Gasteiger charge is -2.06. The molecule has 0 unspecified atom stereocenters. The minimum Gasteiger partial charge on any atom is -0.299 e. The fourth-order valence-electron chi connectivity index (χ4n) is 3.26. The van der Waals surface area contributed by atoms with Gasteiger partial charge in [-0.1, -0.05) is 30.3 Å². The van der Waals surface area contributed by atoms with Crippen LogP contribution in [0.15, 0.2) is 73.1 Å². The molecular formula is C23H19FN2O. The number of carbonyl (C=O) groups is 1. The van der Waals surface area contributed by atoms with Gasteiger partial charge in [0.2, 0.25) is 0 Å². The van der Waals surface area contributed by atoms with E-state index >= 15 is 0 Å². The minimum absolute atomic E-state index is 0.00902. The highest BCUT2D eigenvalue weighted by atomic mass is 19.1. The molecule has 4 heteroatoms. The molecule has 0 fully saturated rings. The predicted molar refractivity (Wildman–Crippen MR) is 105 cm³/mol. The number of fused-ring (bicyclic) bond motifs is 1. The Morgan fingerprint density at radius 1 is 1.04 bits per heavy atom. The summed E-state index contributed by atoms with van der Waals surface area (Å²) in [7, 11) is 0. The number of ketones is 1. The minimum atomic E-state index is -0.266. The normalized spacial score (nSPS) is 11.0. The number of aromatic nitrogens is 2. The molecule has 0 radical (unpaired) electrons. The van der Waals surface area contributed by atoms with Crippen LogP contribution in [0, 0.1) is 12.7 Å². The standard InChI is InChI=1S/C23H19FN2O/c1-16-5-4-7-19(13-16)26-15-25-21-14-18(9-11-22(21)26)23(27)12-10-17-6-2-3-8-20(17)24/h2-9,11,13-15H,10,12H2,1H3. The van der Waals surface area contributed by atoms with Crippen molar-refractivity contribution < 1.29 is 9.18 Å². The van der Waals surface area contributed by atoms with Crippen molar-refractivity contribution in [3.05, 3.63) is 95.6 Å². The van der Waals surface area contributed by atoms with Crippen molar-refractivity contribution in [2.75, 3.05) is 0 Å². The molecule has 27 heavy (non-hydrogen) atoms. The van der Waals surface area contributed by atoms with Gasteiger partial charge in [-0.05, 0) is 60.9 Å². The van der Waals surface area contributed by atoms with Crippen LogP contribution in [-0.4, -0.2) is 15.3 Å². The van der Waals surface area contributed by atoms with E-state index in [2.05, 4.69) is 24.0 Å². The van der Waals surface area contributed by atoms with Gasteiger partial charge in [-0.15, -0.1) is 0 Å². The Balaban J connectivity index is 1.57. The first-order chi connectivity index (χ1) is 13.1. The summed E-state index contributed by atoms with van der Waals surface area (Å²) in [5.74, 6) is -0.275. The fraction of sp³-hybridized carbons (Fsp3) is 0.130. The van der Waals surface area contributed by atoms with Gasteiger partial charge < -0.3 is 0 Å². The van der Waals surface area contributed by atoms with Gasteiger partial charge in [-0.2, -0.15) is 0 Å². The molecular weight excluding hydrogens is 339 g/mol. The molecule has 0 aliphatic carbocycles. The van der Waals surface area contributed by atoms with Crippen molar-refractivity contribution in [2.45, 2.75) is 19.8 Å². The lowest BCUT2D eigenvalue weighted by Crippen LogP contribution is -2.02. The molecule has 0 N–H and O–H groups in total. The molecule has 4 aromatic rings. The second-order valence-corrected chi connectivity index (χ2v) is 6.67. The quantitative estimate of drug-likeness (QED) is 0.454. The third kappa shape index (κ3) is 3.51. The van der Waals surface area contributed by atoms with E-state index in [9.17, 15) is 9.18 Å². The summed E-state index contributed by atoms with van der Waals surface area (Å²) in [4.78, 5) is 17.0. The monoisotopic (exact) mass is 358 g/mol. The van der Waals surface area contributed by atoms with Gasteiger partial charge in [0.15, 0.2) is 5.78 Å². The van der Waals surface area contributed by atoms with Crippen LogP contribution < -0.4 is 0 Å². The van der Waals surface area contributed by atoms with E-state index in [4.69, 9.17) is 0 Å². The molecule has 3 nitrogen and oxygen atoms in total. The van der Waals surface area contributed by atoms with Crippen molar-refractivity contribution in [3.63, 3.8) is 0 Å². The lowest BCUT2D eigenvalue weighted by molar-refractivity contribution is 0.0982. The second-order valence-electron chi connectivity index (χ2n) is 6.67. The molecule has 0 amide bonds. The molecule has 0 bridgehead atoms. The third-order valence-corrected chi connectivity index (χ3v) is 4.73. The summed E-state index contributed by atoms with van der Waals surface area (Å²) in [6, 6.07) is 20.3. The van der Waals surface area contributed by atoms with Gasteiger partial charge in [0.25, 0.3) is 0 Å². The van der Waals surface area contributed by atoms with Crippen LogP contribution in [0.2, 0.25) is 0 Å². The molecule has 0 spiro atoms. The first-order valence-electron chi connectivity index (χ1n) is 8.92. The van der Waals surface area contributed by atoms with Gasteiger partial charge in [-0.3, -0.25) is 9.36 Å². The third-order valence-electron chi connectivity index (χ3n) is 4.73. The number of aryl methyl sites for hydroxylation is 2. The maximum Gasteiger partial charge on any atom is 0.163 e. The van der Waals surface area contributed by atoms with Crippen LogP contribution in [0.25, 0.3) is 16.7 Å². The summed E-state index contributed by atoms with van der Waals surface area (Å²) < 4.78 is 15.7. The van der Waals surface area contributed by atoms with Crippen LogP contribution in [0.3, 0.4) is 0 Å². The Kier molecular flexibility index (Phi) is 4.55. The molecule has 0 atom stereocenters. The highest BCUT2D eigenvalue weighted by Crippen LogP contribution is 2.21. The smallest absolute Gasteiger partial charge is 0.163 e. The van der Waals surface area contributed by atoms with E-state index in [0.717, 1.165) is 16.7 Å². The maximum atomic E-state index is 13.7. The lowest BCUT2D eigenvalue weighted by atomic mass is 10.0. The van der Waals surface area contributed by atoms with Gasteiger partial charge in [-0.25, -0.2) is 9.37 Å². The van der Waals surface area contributed by atoms with Crippen molar-refractivity contribution in [3.8, 4) is 5.69 Å². The zero-order chi connectivity index (χ0) is 18.8. The molecule has 1 heterocycles. The number of carbonyl (C=O) groups excluding carboxylic acids is 1. The van der Waals surface area contributed by atoms with E-state index in [0.29, 0.717) is 17.5 Å². The zero-order valence-corrected chi connectivity index (χ0v) is 15.0. The average molecular weight is 358 g/mol. The first kappa shape index (κ1) is 17.2. The molecule has 3 aromatic carbocycles. The van der Waals surface area contributed by atoms with Gasteiger partial charge in [0, 0.05) is 17.7 Å². The number of Topliss-reactive ketones (excluding diaryl/α,β-unsaturated/α-hetero) is 1. The maximum absolute atomic E-state index is 13.7. The summed E-state index contributed by atoms with van der Waals surface area (Å²) in [5.41, 5.74) is 5.11. The Bertz CT molecular complexity index is 1130. The highest BCUT2D eigenvalue weighted by Gasteiger charge is 2.11. The van der Waals surface area contributed by atoms with Gasteiger partial charge in [0.05, 0.1) is 11.0 Å². The van der Waals surface area contributed by atoms with Crippen molar-refractivity contribution in [2.24, 2.45) is 0 Å². The Hall–Kier alpha value is -3.27. The van der Waals surface area contributed by atoms with E-state index in [1.165, 1.54) is 11.6 Å². The molecule has 0 aliphatic heterocycles. The van der Waals surface area contributed by atoms with E-state index in [-0.39, 0.29) is 18.0 Å². The number of nitrogens with zero attached hydrogens (tertiary/aromatic N) is 2. The van der Waals surface area contributed by atoms with Crippen LogP contribution in [0.4, 0.5) is 4.39 Å². The fourth-order valence-corrected chi connectivity index (χ4v) is 3.26. The van der Waals surface area contributed by atoms with Crippen LogP contribution >= 0.6 is 0 Å². The average Bonchev–Trinajstić information content (AvgIpc) is 3.10. The van der Waals surface area contributed by atoms with Crippen molar-refractivity contribution in [1.29, 1.82) is 0 Å². The number of rotatable bonds is 5. The zero-order valence-electron chi connectivity index (χ0n) is 15.0. The van der Waals surface area contributed by atoms with Crippen LogP contribution in [0.1, 0.15) is 27.9 Å². The van der Waals surface area contributed by atoms with Gasteiger partial charge >= 0.3 is 0 Å². The second kappa shape index (κ2) is 7.16. The Morgan fingerprint density at radius 2 is 1.89 bits per heavy atom. The van der Waals surface area contributed by atoms with Crippen LogP contribution in [0.5, 0.6) is 0 Å². The van der Waals surface area contributed by atoms with Crippen molar-refractivity contribution >= 4 is 16.8 Å². The molecule has 134 valence electrons. The number of halogens is 1.